The van der Waals surface area contributed by atoms with E-state index in [9.17, 15) is 9.90 Å². The largest absolute Gasteiger partial charge is 0.547 e. The number of carbonyl (C=O) groups excluding carboxylic acids is 1. The van der Waals surface area contributed by atoms with Gasteiger partial charge >= 0.3 is 5.97 Å². The van der Waals surface area contributed by atoms with Crippen molar-refractivity contribution in [2.75, 3.05) is 0 Å². The van der Waals surface area contributed by atoms with Gasteiger partial charge in [0.25, 0.3) is 0 Å². The van der Waals surface area contributed by atoms with Crippen LogP contribution < -0.4 is 0 Å². The third kappa shape index (κ3) is 6.81. The number of hydrogen-bond donors (Lipinski definition) is 1. The van der Waals surface area contributed by atoms with E-state index in [4.69, 9.17) is 9.16 Å². The zero-order chi connectivity index (χ0) is 13.1. The lowest BCUT2D eigenvalue weighted by Crippen LogP contribution is -2.32. The van der Waals surface area contributed by atoms with E-state index in [1.807, 2.05) is 19.6 Å². The predicted octanol–water partition coefficient (Wildman–Crippen LogP) is 0.706. The van der Waals surface area contributed by atoms with Gasteiger partial charge in [-0.2, -0.15) is 0 Å². The third-order valence-corrected chi connectivity index (χ3v) is 2.76. The minimum absolute atomic E-state index is 0.368. The molecule has 6 heteroatoms. The van der Waals surface area contributed by atoms with Crippen molar-refractivity contribution in [3.05, 3.63) is 11.3 Å². The molecule has 0 aromatic carbocycles. The molecule has 16 heavy (non-hydrogen) atoms. The number of aliphatic hydroxyl groups is 1. The highest BCUT2D eigenvalue weighted by Crippen LogP contribution is 2.15. The Bertz CT molecular complexity index is 297. The Morgan fingerprint density at radius 2 is 1.75 bits per heavy atom. The molecule has 94 valence electrons. The van der Waals surface area contributed by atoms with Crippen LogP contribution in [0.5, 0.6) is 0 Å². The summed E-state index contributed by atoms with van der Waals surface area (Å²) in [4.78, 5) is 11.6. The van der Waals surface area contributed by atoms with Crippen LogP contribution >= 0.6 is 0 Å². The minimum atomic E-state index is -1.71. The van der Waals surface area contributed by atoms with E-state index in [0.717, 1.165) is 0 Å². The number of carbonyl (C=O) groups is 1. The van der Waals surface area contributed by atoms with Crippen LogP contribution in [0.1, 0.15) is 20.8 Å². The van der Waals surface area contributed by atoms with Gasteiger partial charge in [-0.05, 0) is 40.4 Å². The van der Waals surface area contributed by atoms with E-state index in [0.29, 0.717) is 21.6 Å². The fourth-order valence-corrected chi connectivity index (χ4v) is 2.24. The van der Waals surface area contributed by atoms with E-state index >= 15 is 0 Å². The van der Waals surface area contributed by atoms with Crippen molar-refractivity contribution in [2.45, 2.75) is 45.8 Å². The Morgan fingerprint density at radius 1 is 1.31 bits per heavy atom. The highest BCUT2D eigenvalue weighted by Gasteiger charge is 2.23. The van der Waals surface area contributed by atoms with Gasteiger partial charge in [-0.3, -0.25) is 0 Å². The average Bonchev–Trinajstić information content (AvgIpc) is 1.96. The van der Waals surface area contributed by atoms with Crippen molar-refractivity contribution in [3.8, 4) is 0 Å². The quantitative estimate of drug-likeness (QED) is 0.266. The summed E-state index contributed by atoms with van der Waals surface area (Å²) in [7, 11) is -1.34. The first-order chi connectivity index (χ1) is 6.92. The number of rotatable bonds is 4. The van der Waals surface area contributed by atoms with Gasteiger partial charge in [0.05, 0.1) is 21.6 Å². The molecule has 0 spiro atoms. The molecule has 0 saturated carbocycles. The van der Waals surface area contributed by atoms with Gasteiger partial charge in [-0.25, -0.2) is 4.79 Å². The molecule has 0 radical (unpaired) electrons. The van der Waals surface area contributed by atoms with Gasteiger partial charge in [-0.1, -0.05) is 0 Å². The van der Waals surface area contributed by atoms with Crippen LogP contribution in [-0.2, 0) is 14.0 Å². The second-order valence-corrected chi connectivity index (χ2v) is 11.5. The lowest BCUT2D eigenvalue weighted by atomic mass is 10.3. The van der Waals surface area contributed by atoms with Gasteiger partial charge in [0.2, 0.25) is 8.32 Å². The maximum atomic E-state index is 11.6. The predicted molar refractivity (Wildman–Crippen MR) is 69.5 cm³/mol. The number of esters is 1. The summed E-state index contributed by atoms with van der Waals surface area (Å²) in [5, 5.41) is 9.42. The van der Waals surface area contributed by atoms with Crippen LogP contribution in [0.15, 0.2) is 11.3 Å². The molecule has 0 amide bonds. The highest BCUT2D eigenvalue weighted by atomic mass is 28.4. The fraction of sp³-hybridized carbons (Fsp3) is 0.700. The standard InChI is InChI=1S/C10H22O4Si2/c1-7(8(2)14-16(4,5)6)9(11)13-10(3,12)15/h12H,1-6,15H3. The van der Waals surface area contributed by atoms with Crippen LogP contribution in [0.3, 0.4) is 0 Å². The highest BCUT2D eigenvalue weighted by molar-refractivity contribution is 6.70. The number of hydrogen-bond acceptors (Lipinski definition) is 4. The normalized spacial score (nSPS) is 17.4. The van der Waals surface area contributed by atoms with Crippen LogP contribution in [0.2, 0.25) is 19.6 Å². The first-order valence-corrected chi connectivity index (χ1v) is 9.65. The van der Waals surface area contributed by atoms with E-state index < -0.39 is 19.7 Å². The van der Waals surface area contributed by atoms with Crippen molar-refractivity contribution in [3.63, 3.8) is 0 Å². The maximum absolute atomic E-state index is 11.6. The van der Waals surface area contributed by atoms with Crippen molar-refractivity contribution < 1.29 is 19.1 Å². The molecule has 1 N–H and O–H groups in total. The first kappa shape index (κ1) is 15.4. The monoisotopic (exact) mass is 262 g/mol. The fourth-order valence-electron chi connectivity index (χ4n) is 0.983. The van der Waals surface area contributed by atoms with Crippen molar-refractivity contribution in [2.24, 2.45) is 0 Å². The summed E-state index contributed by atoms with van der Waals surface area (Å²) in [5.74, 6) is 0.0610. The first-order valence-electron chi connectivity index (χ1n) is 5.24. The smallest absolute Gasteiger partial charge is 0.339 e. The zero-order valence-electron chi connectivity index (χ0n) is 11.2. The molecular formula is C10H22O4Si2. The summed E-state index contributed by atoms with van der Waals surface area (Å²) in [6.45, 7) is 11.0. The summed E-state index contributed by atoms with van der Waals surface area (Å²) in [6, 6.07) is 0. The van der Waals surface area contributed by atoms with Gasteiger partial charge < -0.3 is 14.3 Å². The Labute approximate surface area is 101 Å². The molecule has 0 rings (SSSR count). The molecular weight excluding hydrogens is 240 g/mol. The Morgan fingerprint density at radius 3 is 2.06 bits per heavy atom. The van der Waals surface area contributed by atoms with Crippen LogP contribution in [0, 0.1) is 0 Å². The van der Waals surface area contributed by atoms with E-state index in [1.165, 1.54) is 6.92 Å². The second-order valence-electron chi connectivity index (χ2n) is 5.23. The molecule has 0 saturated heterocycles. The molecule has 1 atom stereocenters. The van der Waals surface area contributed by atoms with Gasteiger partial charge in [0.1, 0.15) is 0 Å². The molecule has 0 aromatic heterocycles. The molecule has 0 bridgehead atoms. The number of ether oxygens (including phenoxy) is 1. The number of allylic oxidation sites excluding steroid dienone is 1. The summed E-state index contributed by atoms with van der Waals surface area (Å²) in [6.07, 6.45) is 0. The summed E-state index contributed by atoms with van der Waals surface area (Å²) < 4.78 is 10.6. The lowest BCUT2D eigenvalue weighted by Gasteiger charge is -2.23. The van der Waals surface area contributed by atoms with Crippen molar-refractivity contribution in [1.82, 2.24) is 0 Å². The Balaban J connectivity index is 4.70. The molecule has 0 aliphatic heterocycles. The third-order valence-electron chi connectivity index (χ3n) is 1.64. The van der Waals surface area contributed by atoms with Crippen LogP contribution in [0.4, 0.5) is 0 Å². The van der Waals surface area contributed by atoms with E-state index in [1.54, 1.807) is 13.8 Å². The molecule has 4 nitrogen and oxygen atoms in total. The Kier molecular flexibility index (Phi) is 4.96. The topological polar surface area (TPSA) is 55.8 Å². The van der Waals surface area contributed by atoms with Crippen molar-refractivity contribution >= 4 is 24.5 Å². The van der Waals surface area contributed by atoms with E-state index in [-0.39, 0.29) is 0 Å². The SMILES string of the molecule is CC(O[Si](C)(C)C)=C(C)C(=O)OC(C)(O)[SiH3]. The van der Waals surface area contributed by atoms with Crippen molar-refractivity contribution in [1.29, 1.82) is 0 Å². The second kappa shape index (κ2) is 5.16. The van der Waals surface area contributed by atoms with Gasteiger partial charge in [-0.15, -0.1) is 0 Å². The molecule has 0 aromatic rings. The molecule has 0 fully saturated rings. The molecule has 1 unspecified atom stereocenters. The van der Waals surface area contributed by atoms with Crippen LogP contribution in [0.25, 0.3) is 0 Å². The molecule has 0 aliphatic carbocycles. The molecule has 0 heterocycles. The lowest BCUT2D eigenvalue weighted by molar-refractivity contribution is -0.170. The average molecular weight is 262 g/mol. The van der Waals surface area contributed by atoms with E-state index in [2.05, 4.69) is 0 Å². The Hall–Kier alpha value is -0.596. The van der Waals surface area contributed by atoms with Gasteiger partial charge in [0, 0.05) is 0 Å². The minimum Gasteiger partial charge on any atom is -0.547 e. The molecule has 0 aliphatic rings. The summed E-state index contributed by atoms with van der Waals surface area (Å²) >= 11 is 0. The van der Waals surface area contributed by atoms with Crippen LogP contribution in [-0.4, -0.2) is 35.0 Å². The maximum Gasteiger partial charge on any atom is 0.339 e. The summed E-state index contributed by atoms with van der Waals surface area (Å²) in [5.41, 5.74) is -0.906. The zero-order valence-corrected chi connectivity index (χ0v) is 14.2. The van der Waals surface area contributed by atoms with Gasteiger partial charge in [0.15, 0.2) is 5.41 Å².